The lowest BCUT2D eigenvalue weighted by molar-refractivity contribution is 0.602. The summed E-state index contributed by atoms with van der Waals surface area (Å²) in [4.78, 5) is 0.197. The zero-order valence-electron chi connectivity index (χ0n) is 12.2. The summed E-state index contributed by atoms with van der Waals surface area (Å²) in [7, 11) is -3.27. The van der Waals surface area contributed by atoms with E-state index in [0.717, 1.165) is 13.0 Å². The Morgan fingerprint density at radius 3 is 2.55 bits per heavy atom. The monoisotopic (exact) mass is 316 g/mol. The summed E-state index contributed by atoms with van der Waals surface area (Å²) < 4.78 is 23.1. The Bertz CT molecular complexity index is 516. The van der Waals surface area contributed by atoms with Crippen molar-refractivity contribution < 1.29 is 8.42 Å². The predicted octanol–water partition coefficient (Wildman–Crippen LogP) is 3.01. The molecule has 0 aliphatic rings. The van der Waals surface area contributed by atoms with Crippen LogP contribution in [0.2, 0.25) is 0 Å². The highest BCUT2D eigenvalue weighted by atomic mass is 32.2. The van der Waals surface area contributed by atoms with Crippen molar-refractivity contribution >= 4 is 33.0 Å². The van der Waals surface area contributed by atoms with Gasteiger partial charge in [0, 0.05) is 12.8 Å². The molecule has 0 aliphatic carbocycles. The van der Waals surface area contributed by atoms with E-state index in [9.17, 15) is 8.42 Å². The van der Waals surface area contributed by atoms with Gasteiger partial charge in [-0.15, -0.1) is 0 Å². The Labute approximate surface area is 126 Å². The van der Waals surface area contributed by atoms with Crippen molar-refractivity contribution in [2.24, 2.45) is 0 Å². The van der Waals surface area contributed by atoms with Crippen LogP contribution in [-0.4, -0.2) is 33.2 Å². The minimum absolute atomic E-state index is 0.197. The second-order valence-electron chi connectivity index (χ2n) is 4.82. The number of thioether (sulfide) groups is 1. The van der Waals surface area contributed by atoms with E-state index >= 15 is 0 Å². The summed E-state index contributed by atoms with van der Waals surface area (Å²) in [6, 6.07) is 5.07. The summed E-state index contributed by atoms with van der Waals surface area (Å²) in [5.74, 6) is 1.22. The molecular formula is C14H24N2O2S2. The molecule has 0 radical (unpaired) electrons. The standard InChI is InChI=1S/C14H24N2O2S2/c1-19-11-6-4-3-5-10-16-12-8-7-9-13(14(12)15)20(2,17)18/h7-9,16H,3-6,10-11,15H2,1-2H3. The number of para-hydroxylation sites is 1. The molecule has 0 aliphatic heterocycles. The summed E-state index contributed by atoms with van der Waals surface area (Å²) in [5.41, 5.74) is 6.93. The van der Waals surface area contributed by atoms with E-state index in [1.54, 1.807) is 6.07 Å². The minimum Gasteiger partial charge on any atom is -0.396 e. The number of sulfone groups is 1. The van der Waals surface area contributed by atoms with E-state index in [1.807, 2.05) is 17.8 Å². The molecule has 4 nitrogen and oxygen atoms in total. The first-order chi connectivity index (χ1) is 9.46. The minimum atomic E-state index is -3.27. The van der Waals surface area contributed by atoms with Crippen LogP contribution in [-0.2, 0) is 9.84 Å². The second kappa shape index (κ2) is 8.42. The van der Waals surface area contributed by atoms with Gasteiger partial charge >= 0.3 is 0 Å². The lowest BCUT2D eigenvalue weighted by atomic mass is 10.2. The molecule has 20 heavy (non-hydrogen) atoms. The van der Waals surface area contributed by atoms with Crippen LogP contribution in [0.1, 0.15) is 25.7 Å². The molecule has 0 heterocycles. The highest BCUT2D eigenvalue weighted by molar-refractivity contribution is 7.98. The zero-order valence-corrected chi connectivity index (χ0v) is 13.8. The largest absolute Gasteiger partial charge is 0.396 e. The van der Waals surface area contributed by atoms with Crippen LogP contribution in [0.3, 0.4) is 0 Å². The maximum absolute atomic E-state index is 11.6. The normalized spacial score (nSPS) is 11.5. The predicted molar refractivity (Wildman–Crippen MR) is 89.3 cm³/mol. The summed E-state index contributed by atoms with van der Waals surface area (Å²) >= 11 is 1.88. The van der Waals surface area contributed by atoms with Crippen molar-refractivity contribution in [3.8, 4) is 0 Å². The number of nitrogens with one attached hydrogen (secondary N) is 1. The number of hydrogen-bond acceptors (Lipinski definition) is 5. The van der Waals surface area contributed by atoms with E-state index in [2.05, 4.69) is 11.6 Å². The van der Waals surface area contributed by atoms with E-state index in [4.69, 9.17) is 5.73 Å². The van der Waals surface area contributed by atoms with E-state index in [1.165, 1.54) is 37.3 Å². The second-order valence-corrected chi connectivity index (χ2v) is 7.79. The topological polar surface area (TPSA) is 72.2 Å². The molecule has 0 atom stereocenters. The maximum atomic E-state index is 11.6. The van der Waals surface area contributed by atoms with Gasteiger partial charge in [-0.25, -0.2) is 8.42 Å². The molecule has 0 bridgehead atoms. The molecule has 1 rings (SSSR count). The maximum Gasteiger partial charge on any atom is 0.177 e. The fraction of sp³-hybridized carbons (Fsp3) is 0.571. The lowest BCUT2D eigenvalue weighted by Gasteiger charge is -2.12. The van der Waals surface area contributed by atoms with Gasteiger partial charge in [0.25, 0.3) is 0 Å². The average molecular weight is 316 g/mol. The Morgan fingerprint density at radius 1 is 1.20 bits per heavy atom. The van der Waals surface area contributed by atoms with Crippen molar-refractivity contribution in [2.75, 3.05) is 35.9 Å². The molecule has 0 saturated carbocycles. The van der Waals surface area contributed by atoms with Crippen LogP contribution in [0, 0.1) is 0 Å². The van der Waals surface area contributed by atoms with Gasteiger partial charge in [-0.3, -0.25) is 0 Å². The van der Waals surface area contributed by atoms with Crippen molar-refractivity contribution in [1.29, 1.82) is 0 Å². The third kappa shape index (κ3) is 5.63. The highest BCUT2D eigenvalue weighted by Crippen LogP contribution is 2.26. The fourth-order valence-electron chi connectivity index (χ4n) is 1.97. The number of hydrogen-bond donors (Lipinski definition) is 2. The lowest BCUT2D eigenvalue weighted by Crippen LogP contribution is -2.08. The van der Waals surface area contributed by atoms with Gasteiger partial charge in [0.15, 0.2) is 9.84 Å². The molecule has 114 valence electrons. The van der Waals surface area contributed by atoms with Gasteiger partial charge in [-0.1, -0.05) is 18.9 Å². The number of rotatable bonds is 9. The molecule has 0 spiro atoms. The van der Waals surface area contributed by atoms with E-state index in [-0.39, 0.29) is 4.90 Å². The molecule has 6 heteroatoms. The number of nitrogen functional groups attached to an aromatic ring is 1. The van der Waals surface area contributed by atoms with Crippen molar-refractivity contribution in [3.63, 3.8) is 0 Å². The van der Waals surface area contributed by atoms with Crippen LogP contribution in [0.25, 0.3) is 0 Å². The highest BCUT2D eigenvalue weighted by Gasteiger charge is 2.13. The SMILES string of the molecule is CSCCCCCCNc1cccc(S(C)(=O)=O)c1N. The zero-order chi connectivity index (χ0) is 15.0. The van der Waals surface area contributed by atoms with Gasteiger partial charge in [-0.2, -0.15) is 11.8 Å². The van der Waals surface area contributed by atoms with Crippen LogP contribution in [0.15, 0.2) is 23.1 Å². The van der Waals surface area contributed by atoms with Crippen molar-refractivity contribution in [2.45, 2.75) is 30.6 Å². The quantitative estimate of drug-likeness (QED) is 0.541. The molecule has 0 amide bonds. The Kier molecular flexibility index (Phi) is 7.23. The third-order valence-corrected chi connectivity index (χ3v) is 4.91. The van der Waals surface area contributed by atoms with Crippen molar-refractivity contribution in [1.82, 2.24) is 0 Å². The van der Waals surface area contributed by atoms with Gasteiger partial charge in [0.05, 0.1) is 16.3 Å². The van der Waals surface area contributed by atoms with E-state index in [0.29, 0.717) is 11.4 Å². The fourth-order valence-corrected chi connectivity index (χ4v) is 3.30. The Morgan fingerprint density at radius 2 is 1.90 bits per heavy atom. The molecule has 1 aromatic carbocycles. The number of unbranched alkanes of at least 4 members (excludes halogenated alkanes) is 3. The Hall–Kier alpha value is -0.880. The molecule has 3 N–H and O–H groups in total. The van der Waals surface area contributed by atoms with Crippen LogP contribution in [0.4, 0.5) is 11.4 Å². The number of nitrogens with two attached hydrogens (primary N) is 1. The van der Waals surface area contributed by atoms with Crippen LogP contribution < -0.4 is 11.1 Å². The van der Waals surface area contributed by atoms with Gasteiger partial charge < -0.3 is 11.1 Å². The molecule has 0 unspecified atom stereocenters. The molecule has 0 fully saturated rings. The van der Waals surface area contributed by atoms with Gasteiger partial charge in [0.2, 0.25) is 0 Å². The third-order valence-electron chi connectivity index (χ3n) is 3.06. The molecule has 0 saturated heterocycles. The van der Waals surface area contributed by atoms with E-state index < -0.39 is 9.84 Å². The Balaban J connectivity index is 2.45. The van der Waals surface area contributed by atoms with Crippen molar-refractivity contribution in [3.05, 3.63) is 18.2 Å². The smallest absolute Gasteiger partial charge is 0.177 e. The summed E-state index contributed by atoms with van der Waals surface area (Å²) in [6.07, 6.45) is 8.04. The van der Waals surface area contributed by atoms with Crippen LogP contribution in [0.5, 0.6) is 0 Å². The van der Waals surface area contributed by atoms with Gasteiger partial charge in [0.1, 0.15) is 0 Å². The summed E-state index contributed by atoms with van der Waals surface area (Å²) in [5, 5.41) is 3.22. The number of benzene rings is 1. The first-order valence-corrected chi connectivity index (χ1v) is 10.1. The first kappa shape index (κ1) is 17.2. The molecule has 1 aromatic rings. The summed E-state index contributed by atoms with van der Waals surface area (Å²) in [6.45, 7) is 0.816. The van der Waals surface area contributed by atoms with Crippen LogP contribution >= 0.6 is 11.8 Å². The first-order valence-electron chi connectivity index (χ1n) is 6.78. The number of anilines is 2. The molecule has 0 aromatic heterocycles. The molecular weight excluding hydrogens is 292 g/mol. The average Bonchev–Trinajstić information content (AvgIpc) is 2.38. The van der Waals surface area contributed by atoms with Gasteiger partial charge in [-0.05, 0) is 37.0 Å².